The molecule has 1 aromatic carbocycles. The van der Waals surface area contributed by atoms with E-state index >= 15 is 0 Å². The first-order chi connectivity index (χ1) is 13.3. The Hall–Kier alpha value is -0.940. The lowest BCUT2D eigenvalue weighted by Crippen LogP contribution is -2.29. The fourth-order valence-electron chi connectivity index (χ4n) is 2.46. The molecule has 0 saturated carbocycles. The minimum atomic E-state index is -0.162. The van der Waals surface area contributed by atoms with Crippen LogP contribution < -0.4 is 5.32 Å². The topological polar surface area (TPSA) is 62.6 Å². The predicted molar refractivity (Wildman–Crippen MR) is 126 cm³/mol. The second-order valence-electron chi connectivity index (χ2n) is 5.74. The number of amides is 2. The number of hydrogen-bond donors (Lipinski definition) is 1. The molecule has 0 aliphatic carbocycles. The van der Waals surface area contributed by atoms with Crippen LogP contribution in [0.4, 0.5) is 5.69 Å². The quantitative estimate of drug-likeness (QED) is 0.313. The highest BCUT2D eigenvalue weighted by atomic mass is 79.9. The van der Waals surface area contributed by atoms with Gasteiger partial charge in [0.25, 0.3) is 5.91 Å². The van der Waals surface area contributed by atoms with Gasteiger partial charge in [-0.1, -0.05) is 39.9 Å². The summed E-state index contributed by atoms with van der Waals surface area (Å²) < 4.78 is 8.15. The molecule has 28 heavy (non-hydrogen) atoms. The van der Waals surface area contributed by atoms with Crippen LogP contribution in [0.25, 0.3) is 6.08 Å². The van der Waals surface area contributed by atoms with E-state index in [0.29, 0.717) is 33.6 Å². The summed E-state index contributed by atoms with van der Waals surface area (Å²) in [5.41, 5.74) is 0.667. The molecule has 0 bridgehead atoms. The van der Waals surface area contributed by atoms with Gasteiger partial charge in [-0.25, -0.2) is 0 Å². The van der Waals surface area contributed by atoms with Crippen LogP contribution in [0.3, 0.4) is 0 Å². The predicted octanol–water partition coefficient (Wildman–Crippen LogP) is 6.19. The first-order valence-corrected chi connectivity index (χ1v) is 11.7. The molecule has 1 saturated heterocycles. The summed E-state index contributed by atoms with van der Waals surface area (Å²) in [7, 11) is 0. The molecule has 0 spiro atoms. The second kappa shape index (κ2) is 9.71. The van der Waals surface area contributed by atoms with Gasteiger partial charge in [-0.2, -0.15) is 0 Å². The molecule has 1 aromatic heterocycles. The Morgan fingerprint density at radius 2 is 2.00 bits per heavy atom. The summed E-state index contributed by atoms with van der Waals surface area (Å²) in [5.74, 6) is 0.302. The third kappa shape index (κ3) is 5.35. The Balaban J connectivity index is 1.54. The highest BCUT2D eigenvalue weighted by Crippen LogP contribution is 2.35. The van der Waals surface area contributed by atoms with Crippen molar-refractivity contribution in [2.75, 3.05) is 11.9 Å². The number of nitrogens with one attached hydrogen (secondary N) is 1. The van der Waals surface area contributed by atoms with Crippen LogP contribution in [0.2, 0.25) is 0 Å². The molecule has 2 heterocycles. The van der Waals surface area contributed by atoms with E-state index in [2.05, 4.69) is 53.1 Å². The zero-order chi connectivity index (χ0) is 20.3. The average Bonchev–Trinajstić information content (AvgIpc) is 3.22. The van der Waals surface area contributed by atoms with E-state index < -0.39 is 0 Å². The lowest BCUT2D eigenvalue weighted by Gasteiger charge is -2.14. The molecule has 0 unspecified atom stereocenters. The molecule has 0 radical (unpaired) electrons. The lowest BCUT2D eigenvalue weighted by molar-refractivity contribution is -0.122. The Bertz CT molecular complexity index is 938. The van der Waals surface area contributed by atoms with Gasteiger partial charge in [-0.05, 0) is 62.5 Å². The Morgan fingerprint density at radius 1 is 1.29 bits per heavy atom. The summed E-state index contributed by atoms with van der Waals surface area (Å²) in [4.78, 5) is 26.8. The SMILES string of the molecule is O=C(CCCN1C(=O)C(=Cc2ccco2)SC1=S)Nc1c(Br)cc(Br)cc1Br. The molecular formula is C18H13Br3N2O3S2. The largest absolute Gasteiger partial charge is 0.465 e. The number of thioether (sulfide) groups is 1. The van der Waals surface area contributed by atoms with E-state index in [0.717, 1.165) is 13.4 Å². The van der Waals surface area contributed by atoms with Gasteiger partial charge in [-0.3, -0.25) is 14.5 Å². The number of carbonyl (C=O) groups is 2. The van der Waals surface area contributed by atoms with Crippen molar-refractivity contribution in [2.45, 2.75) is 12.8 Å². The van der Waals surface area contributed by atoms with Gasteiger partial charge in [0.1, 0.15) is 10.1 Å². The monoisotopic (exact) mass is 606 g/mol. The summed E-state index contributed by atoms with van der Waals surface area (Å²) in [6.07, 6.45) is 3.99. The molecule has 1 aliphatic heterocycles. The maximum Gasteiger partial charge on any atom is 0.266 e. The van der Waals surface area contributed by atoms with Crippen molar-refractivity contribution in [2.24, 2.45) is 0 Å². The number of furan rings is 1. The van der Waals surface area contributed by atoms with Crippen molar-refractivity contribution in [1.29, 1.82) is 0 Å². The number of hydrogen-bond acceptors (Lipinski definition) is 5. The van der Waals surface area contributed by atoms with Crippen LogP contribution in [0.5, 0.6) is 0 Å². The van der Waals surface area contributed by atoms with Crippen LogP contribution in [0.1, 0.15) is 18.6 Å². The van der Waals surface area contributed by atoms with Crippen molar-refractivity contribution in [3.8, 4) is 0 Å². The fraction of sp³-hybridized carbons (Fsp3) is 0.167. The maximum atomic E-state index is 12.5. The zero-order valence-corrected chi connectivity index (χ0v) is 20.6. The highest BCUT2D eigenvalue weighted by molar-refractivity contribution is 9.11. The maximum absolute atomic E-state index is 12.5. The molecule has 5 nitrogen and oxygen atoms in total. The van der Waals surface area contributed by atoms with Gasteiger partial charge >= 0.3 is 0 Å². The van der Waals surface area contributed by atoms with Gasteiger partial charge in [0.05, 0.1) is 16.9 Å². The third-order valence-corrected chi connectivity index (χ3v) is 6.83. The molecule has 1 N–H and O–H groups in total. The Labute approximate surface area is 196 Å². The summed E-state index contributed by atoms with van der Waals surface area (Å²) in [5, 5.41) is 2.87. The number of nitrogens with zero attached hydrogens (tertiary/aromatic N) is 1. The number of carbonyl (C=O) groups excluding carboxylic acids is 2. The molecule has 3 rings (SSSR count). The number of rotatable bonds is 6. The van der Waals surface area contributed by atoms with E-state index in [4.69, 9.17) is 16.6 Å². The van der Waals surface area contributed by atoms with E-state index in [1.54, 1.807) is 24.5 Å². The second-order valence-corrected chi connectivity index (χ2v) is 10.0. The minimum Gasteiger partial charge on any atom is -0.465 e. The summed E-state index contributed by atoms with van der Waals surface area (Å²) >= 11 is 16.8. The molecule has 2 amide bonds. The Morgan fingerprint density at radius 3 is 2.64 bits per heavy atom. The van der Waals surface area contributed by atoms with E-state index in [1.807, 2.05) is 12.1 Å². The standard InChI is InChI=1S/C18H13Br3N2O3S2/c19-10-7-12(20)16(13(21)8-10)22-15(24)4-1-5-23-17(25)14(28-18(23)27)9-11-3-2-6-26-11/h2-3,6-9H,1,4-5H2,(H,22,24). The van der Waals surface area contributed by atoms with E-state index in [-0.39, 0.29) is 18.2 Å². The van der Waals surface area contributed by atoms with Crippen LogP contribution in [0, 0.1) is 0 Å². The van der Waals surface area contributed by atoms with Crippen molar-refractivity contribution < 1.29 is 14.0 Å². The van der Waals surface area contributed by atoms with Gasteiger partial charge in [0.15, 0.2) is 0 Å². The van der Waals surface area contributed by atoms with Gasteiger partial charge in [0, 0.05) is 32.5 Å². The van der Waals surface area contributed by atoms with Gasteiger partial charge in [-0.15, -0.1) is 0 Å². The molecule has 10 heteroatoms. The number of anilines is 1. The van der Waals surface area contributed by atoms with E-state index in [9.17, 15) is 9.59 Å². The van der Waals surface area contributed by atoms with Crippen molar-refractivity contribution >= 4 is 99.7 Å². The average molecular weight is 609 g/mol. The summed E-state index contributed by atoms with van der Waals surface area (Å²) in [6.45, 7) is 0.385. The van der Waals surface area contributed by atoms with Crippen LogP contribution >= 0.6 is 71.8 Å². The lowest BCUT2D eigenvalue weighted by atomic mass is 10.2. The van der Waals surface area contributed by atoms with Crippen LogP contribution in [-0.4, -0.2) is 27.6 Å². The zero-order valence-electron chi connectivity index (χ0n) is 14.2. The van der Waals surface area contributed by atoms with Crippen LogP contribution in [0.15, 0.2) is 53.3 Å². The smallest absolute Gasteiger partial charge is 0.266 e. The summed E-state index contributed by atoms with van der Waals surface area (Å²) in [6, 6.07) is 7.24. The number of benzene rings is 1. The Kier molecular flexibility index (Phi) is 7.54. The molecule has 1 fully saturated rings. The highest BCUT2D eigenvalue weighted by Gasteiger charge is 2.31. The minimum absolute atomic E-state index is 0.139. The molecule has 0 atom stereocenters. The van der Waals surface area contributed by atoms with Crippen molar-refractivity contribution in [1.82, 2.24) is 4.90 Å². The van der Waals surface area contributed by atoms with Gasteiger partial charge in [0.2, 0.25) is 5.91 Å². The first kappa shape index (κ1) is 21.8. The first-order valence-electron chi connectivity index (χ1n) is 8.08. The molecule has 146 valence electrons. The van der Waals surface area contributed by atoms with Gasteiger partial charge < -0.3 is 9.73 Å². The van der Waals surface area contributed by atoms with Crippen molar-refractivity contribution in [3.63, 3.8) is 0 Å². The van der Waals surface area contributed by atoms with E-state index in [1.165, 1.54) is 16.7 Å². The number of thiocarbonyl (C=S) groups is 1. The molecular weight excluding hydrogens is 596 g/mol. The van der Waals surface area contributed by atoms with Crippen LogP contribution in [-0.2, 0) is 9.59 Å². The molecule has 2 aromatic rings. The normalized spacial score (nSPS) is 15.5. The number of halogens is 3. The van der Waals surface area contributed by atoms with Crippen molar-refractivity contribution in [3.05, 3.63) is 54.6 Å². The molecule has 1 aliphatic rings. The fourth-order valence-corrected chi connectivity index (χ4v) is 6.20. The third-order valence-electron chi connectivity index (χ3n) is 3.75.